The first-order valence-corrected chi connectivity index (χ1v) is 12.9. The Bertz CT molecular complexity index is 1200. The van der Waals surface area contributed by atoms with E-state index in [2.05, 4.69) is 10.6 Å². The Morgan fingerprint density at radius 3 is 2.05 bits per heavy atom. The fraction of sp³-hybridized carbons (Fsp3) is 0.448. The van der Waals surface area contributed by atoms with Gasteiger partial charge < -0.3 is 14.2 Å². The minimum Gasteiger partial charge on any atom is -0.447 e. The van der Waals surface area contributed by atoms with Crippen LogP contribution in [0.5, 0.6) is 0 Å². The van der Waals surface area contributed by atoms with Gasteiger partial charge >= 0.3 is 18.3 Å². The fourth-order valence-corrected chi connectivity index (χ4v) is 3.96. The molecule has 0 radical (unpaired) electrons. The van der Waals surface area contributed by atoms with Crippen molar-refractivity contribution in [2.24, 2.45) is 0 Å². The number of benzene rings is 2. The molecule has 3 rings (SSSR count). The second-order valence-electron chi connectivity index (χ2n) is 11.3. The van der Waals surface area contributed by atoms with Gasteiger partial charge in [-0.3, -0.25) is 15.4 Å². The van der Waals surface area contributed by atoms with E-state index >= 15 is 0 Å². The van der Waals surface area contributed by atoms with E-state index in [4.69, 9.17) is 14.2 Å². The molecule has 2 aromatic carbocycles. The van der Waals surface area contributed by atoms with Crippen molar-refractivity contribution in [2.45, 2.75) is 78.0 Å². The quantitative estimate of drug-likeness (QED) is 0.420. The lowest BCUT2D eigenvalue weighted by Crippen LogP contribution is -2.40. The second kappa shape index (κ2) is 12.2. The van der Waals surface area contributed by atoms with Crippen LogP contribution in [-0.4, -0.2) is 52.9 Å². The van der Waals surface area contributed by atoms with Crippen molar-refractivity contribution in [3.8, 4) is 0 Å². The number of cyclic esters (lactones) is 1. The number of anilines is 2. The average Bonchev–Trinajstić information content (AvgIpc) is 3.17. The van der Waals surface area contributed by atoms with Gasteiger partial charge in [0.05, 0.1) is 17.4 Å². The normalized spacial score (nSPS) is 15.4. The number of nitrogens with one attached hydrogen (secondary N) is 2. The molecule has 1 atom stereocenters. The first-order valence-electron chi connectivity index (χ1n) is 12.9. The smallest absolute Gasteiger partial charge is 0.416 e. The number of rotatable bonds is 7. The summed E-state index contributed by atoms with van der Waals surface area (Å²) in [5, 5.41) is 5.30. The van der Waals surface area contributed by atoms with Crippen molar-refractivity contribution in [2.75, 3.05) is 17.2 Å². The number of ether oxygens (including phenoxy) is 3. The number of hydrogen-bond donors (Lipinski definition) is 2. The standard InChI is InChI=1S/C29H37N3O7/c1-28(2,3)38-25(34)30-22-14-12-20(17-23(22)31-26(35)39-29(4,5)6)13-15-24(33)32-21(18-37-27(32)36)16-19-10-8-7-9-11-19/h7-12,14,17,21H,13,15-16,18H2,1-6H3,(H,30,34)(H,31,35)/t21-/m1/s1. The van der Waals surface area contributed by atoms with Gasteiger partial charge in [0.2, 0.25) is 5.91 Å². The molecule has 1 fully saturated rings. The molecule has 0 aromatic heterocycles. The van der Waals surface area contributed by atoms with E-state index < -0.39 is 29.5 Å². The molecule has 10 nitrogen and oxygen atoms in total. The third kappa shape index (κ3) is 9.31. The van der Waals surface area contributed by atoms with Gasteiger partial charge in [0.25, 0.3) is 0 Å². The molecule has 2 aromatic rings. The van der Waals surface area contributed by atoms with Crippen molar-refractivity contribution in [1.29, 1.82) is 0 Å². The van der Waals surface area contributed by atoms with Gasteiger partial charge in [-0.05, 0) is 77.6 Å². The molecule has 0 bridgehead atoms. The number of imide groups is 1. The molecule has 4 amide bonds. The van der Waals surface area contributed by atoms with Crippen molar-refractivity contribution in [1.82, 2.24) is 4.90 Å². The minimum absolute atomic E-state index is 0.0467. The van der Waals surface area contributed by atoms with Gasteiger partial charge in [0.1, 0.15) is 17.8 Å². The van der Waals surface area contributed by atoms with Crippen LogP contribution in [0, 0.1) is 0 Å². The summed E-state index contributed by atoms with van der Waals surface area (Å²) < 4.78 is 15.8. The Morgan fingerprint density at radius 1 is 0.872 bits per heavy atom. The monoisotopic (exact) mass is 539 g/mol. The Balaban J connectivity index is 1.73. The summed E-state index contributed by atoms with van der Waals surface area (Å²) in [6.45, 7) is 10.6. The molecule has 0 unspecified atom stereocenters. The molecule has 2 N–H and O–H groups in total. The van der Waals surface area contributed by atoms with Gasteiger partial charge in [0.15, 0.2) is 0 Å². The van der Waals surface area contributed by atoms with Gasteiger partial charge in [-0.25, -0.2) is 19.3 Å². The predicted octanol–water partition coefficient (Wildman–Crippen LogP) is 5.90. The number of hydrogen-bond acceptors (Lipinski definition) is 7. The largest absolute Gasteiger partial charge is 0.447 e. The minimum atomic E-state index is -0.729. The summed E-state index contributed by atoms with van der Waals surface area (Å²) in [6.07, 6.45) is -1.19. The van der Waals surface area contributed by atoms with E-state index in [9.17, 15) is 19.2 Å². The number of carbonyl (C=O) groups is 4. The zero-order chi connectivity index (χ0) is 28.8. The molecule has 210 valence electrons. The van der Waals surface area contributed by atoms with Crippen LogP contribution in [0.4, 0.5) is 25.8 Å². The third-order valence-electron chi connectivity index (χ3n) is 5.53. The van der Waals surface area contributed by atoms with E-state index in [1.807, 2.05) is 30.3 Å². The Hall–Kier alpha value is -4.08. The van der Waals surface area contributed by atoms with Gasteiger partial charge in [0, 0.05) is 6.42 Å². The van der Waals surface area contributed by atoms with E-state index in [1.54, 1.807) is 59.7 Å². The van der Waals surface area contributed by atoms with Crippen LogP contribution in [0.3, 0.4) is 0 Å². The molecule has 0 aliphatic carbocycles. The average molecular weight is 540 g/mol. The molecule has 39 heavy (non-hydrogen) atoms. The first kappa shape index (κ1) is 29.5. The van der Waals surface area contributed by atoms with E-state index in [-0.39, 0.29) is 37.1 Å². The Kier molecular flexibility index (Phi) is 9.21. The molecular weight excluding hydrogens is 502 g/mol. The van der Waals surface area contributed by atoms with Crippen LogP contribution in [0.2, 0.25) is 0 Å². The van der Waals surface area contributed by atoms with Crippen LogP contribution in [0.15, 0.2) is 48.5 Å². The predicted molar refractivity (Wildman–Crippen MR) is 147 cm³/mol. The lowest BCUT2D eigenvalue weighted by atomic mass is 10.0. The molecular formula is C29H37N3O7. The lowest BCUT2D eigenvalue weighted by molar-refractivity contribution is -0.129. The highest BCUT2D eigenvalue weighted by Crippen LogP contribution is 2.27. The van der Waals surface area contributed by atoms with Crippen LogP contribution in [0.1, 0.15) is 59.1 Å². The fourth-order valence-electron chi connectivity index (χ4n) is 3.96. The van der Waals surface area contributed by atoms with Crippen LogP contribution in [-0.2, 0) is 31.8 Å². The molecule has 10 heteroatoms. The van der Waals surface area contributed by atoms with E-state index in [1.165, 1.54) is 4.90 Å². The summed E-state index contributed by atoms with van der Waals surface area (Å²) in [5.41, 5.74) is 0.853. The molecule has 0 saturated carbocycles. The molecule has 0 spiro atoms. The van der Waals surface area contributed by atoms with Crippen molar-refractivity contribution in [3.05, 3.63) is 59.7 Å². The highest BCUT2D eigenvalue weighted by Gasteiger charge is 2.37. The lowest BCUT2D eigenvalue weighted by Gasteiger charge is -2.22. The van der Waals surface area contributed by atoms with Crippen LogP contribution in [0.25, 0.3) is 0 Å². The summed E-state index contributed by atoms with van der Waals surface area (Å²) in [7, 11) is 0. The number of amides is 4. The van der Waals surface area contributed by atoms with Gasteiger partial charge in [-0.2, -0.15) is 0 Å². The maximum absolute atomic E-state index is 13.1. The summed E-state index contributed by atoms with van der Waals surface area (Å²) in [5.74, 6) is -0.351. The Labute approximate surface area is 229 Å². The summed E-state index contributed by atoms with van der Waals surface area (Å²) in [4.78, 5) is 51.4. The highest BCUT2D eigenvalue weighted by molar-refractivity contribution is 5.96. The number of aryl methyl sites for hydroxylation is 1. The van der Waals surface area contributed by atoms with Crippen molar-refractivity contribution in [3.63, 3.8) is 0 Å². The Morgan fingerprint density at radius 2 is 1.46 bits per heavy atom. The van der Waals surface area contributed by atoms with E-state index in [0.29, 0.717) is 17.7 Å². The maximum atomic E-state index is 13.1. The van der Waals surface area contributed by atoms with Crippen LogP contribution >= 0.6 is 0 Å². The van der Waals surface area contributed by atoms with E-state index in [0.717, 1.165) is 5.56 Å². The third-order valence-corrected chi connectivity index (χ3v) is 5.53. The zero-order valence-electron chi connectivity index (χ0n) is 23.3. The molecule has 1 aliphatic heterocycles. The molecule has 1 heterocycles. The maximum Gasteiger partial charge on any atom is 0.416 e. The summed E-state index contributed by atoms with van der Waals surface area (Å²) >= 11 is 0. The summed E-state index contributed by atoms with van der Waals surface area (Å²) in [6, 6.07) is 14.2. The van der Waals surface area contributed by atoms with Gasteiger partial charge in [-0.1, -0.05) is 36.4 Å². The second-order valence-corrected chi connectivity index (χ2v) is 11.3. The molecule has 1 aliphatic rings. The highest BCUT2D eigenvalue weighted by atomic mass is 16.6. The molecule has 1 saturated heterocycles. The van der Waals surface area contributed by atoms with Crippen molar-refractivity contribution < 1.29 is 33.4 Å². The SMILES string of the molecule is CC(C)(C)OC(=O)Nc1ccc(CCC(=O)N2C(=O)OC[C@H]2Cc2ccccc2)cc1NC(=O)OC(C)(C)C. The van der Waals surface area contributed by atoms with Crippen molar-refractivity contribution >= 4 is 35.6 Å². The van der Waals surface area contributed by atoms with Gasteiger partial charge in [-0.15, -0.1) is 0 Å². The zero-order valence-corrected chi connectivity index (χ0v) is 23.3. The number of nitrogens with zero attached hydrogens (tertiary/aromatic N) is 1. The first-order chi connectivity index (χ1) is 18.2. The topological polar surface area (TPSA) is 123 Å². The number of carbonyl (C=O) groups excluding carboxylic acids is 4. The van der Waals surface area contributed by atoms with Crippen LogP contribution < -0.4 is 10.6 Å².